The van der Waals surface area contributed by atoms with Crippen LogP contribution in [0, 0.1) is 0 Å². The molecule has 0 radical (unpaired) electrons. The molecule has 138 valence electrons. The predicted molar refractivity (Wildman–Crippen MR) is 86.5 cm³/mol. The lowest BCUT2D eigenvalue weighted by atomic mass is 10.0. The number of nitrogens with one attached hydrogen (secondary N) is 2. The van der Waals surface area contributed by atoms with Crippen LogP contribution in [-0.4, -0.2) is 41.9 Å². The average molecular weight is 357 g/mol. The molecule has 1 aromatic carbocycles. The number of amides is 2. The van der Waals surface area contributed by atoms with Gasteiger partial charge in [-0.3, -0.25) is 14.5 Å². The molecule has 5 nitrogen and oxygen atoms in total. The van der Waals surface area contributed by atoms with E-state index in [1.807, 2.05) is 13.8 Å². The molecule has 2 amide bonds. The zero-order valence-corrected chi connectivity index (χ0v) is 14.2. The highest BCUT2D eigenvalue weighted by atomic mass is 19.4. The Labute approximate surface area is 144 Å². The van der Waals surface area contributed by atoms with Crippen molar-refractivity contribution in [3.63, 3.8) is 0 Å². The van der Waals surface area contributed by atoms with Crippen molar-refractivity contribution in [2.24, 2.45) is 0 Å². The molecule has 1 aromatic rings. The van der Waals surface area contributed by atoms with Crippen LogP contribution in [0.2, 0.25) is 0 Å². The van der Waals surface area contributed by atoms with Crippen molar-refractivity contribution in [1.29, 1.82) is 0 Å². The van der Waals surface area contributed by atoms with Crippen molar-refractivity contribution in [2.75, 3.05) is 13.1 Å². The fraction of sp³-hybridized carbons (Fsp3) is 0.529. The molecule has 0 spiro atoms. The lowest BCUT2D eigenvalue weighted by Gasteiger charge is -2.35. The molecule has 2 N–H and O–H groups in total. The fourth-order valence-electron chi connectivity index (χ4n) is 2.81. The second-order valence-corrected chi connectivity index (χ2v) is 6.40. The summed E-state index contributed by atoms with van der Waals surface area (Å²) in [5.41, 5.74) is -0.264. The van der Waals surface area contributed by atoms with E-state index in [4.69, 9.17) is 0 Å². The lowest BCUT2D eigenvalue weighted by molar-refractivity contribution is -0.137. The maximum absolute atomic E-state index is 12.8. The number of benzene rings is 1. The van der Waals surface area contributed by atoms with Crippen LogP contribution in [0.3, 0.4) is 0 Å². The molecule has 1 aliphatic rings. The summed E-state index contributed by atoms with van der Waals surface area (Å²) in [4.78, 5) is 25.9. The Morgan fingerprint density at radius 2 is 2.12 bits per heavy atom. The summed E-state index contributed by atoms with van der Waals surface area (Å²) in [6.45, 7) is 4.69. The van der Waals surface area contributed by atoms with Gasteiger partial charge in [0, 0.05) is 25.7 Å². The molecule has 8 heteroatoms. The van der Waals surface area contributed by atoms with Crippen LogP contribution in [-0.2, 0) is 22.3 Å². The number of carbonyl (C=O) groups is 2. The number of halogens is 3. The van der Waals surface area contributed by atoms with Crippen LogP contribution in [0.5, 0.6) is 0 Å². The van der Waals surface area contributed by atoms with Gasteiger partial charge < -0.3 is 10.6 Å². The summed E-state index contributed by atoms with van der Waals surface area (Å²) >= 11 is 0. The van der Waals surface area contributed by atoms with Crippen LogP contribution in [0.1, 0.15) is 31.4 Å². The van der Waals surface area contributed by atoms with Crippen molar-refractivity contribution in [1.82, 2.24) is 15.5 Å². The third kappa shape index (κ3) is 5.45. The van der Waals surface area contributed by atoms with E-state index in [1.165, 1.54) is 6.07 Å². The number of nitrogens with zero attached hydrogens (tertiary/aromatic N) is 1. The zero-order valence-electron chi connectivity index (χ0n) is 14.2. The summed E-state index contributed by atoms with van der Waals surface area (Å²) in [5.74, 6) is -0.539. The van der Waals surface area contributed by atoms with Crippen molar-refractivity contribution >= 4 is 11.8 Å². The molecule has 0 saturated carbocycles. The fourth-order valence-corrected chi connectivity index (χ4v) is 2.81. The van der Waals surface area contributed by atoms with Gasteiger partial charge in [0.1, 0.15) is 0 Å². The first-order chi connectivity index (χ1) is 11.7. The Hall–Kier alpha value is -2.09. The quantitative estimate of drug-likeness (QED) is 0.846. The number of rotatable bonds is 5. The number of alkyl halides is 3. The number of carbonyl (C=O) groups excluding carboxylic acids is 2. The smallest absolute Gasteiger partial charge is 0.354 e. The van der Waals surface area contributed by atoms with E-state index in [0.717, 1.165) is 12.1 Å². The second-order valence-electron chi connectivity index (χ2n) is 6.40. The number of hydrogen-bond donors (Lipinski definition) is 2. The summed E-state index contributed by atoms with van der Waals surface area (Å²) in [7, 11) is 0. The van der Waals surface area contributed by atoms with Gasteiger partial charge in [0.25, 0.3) is 0 Å². The van der Waals surface area contributed by atoms with Crippen molar-refractivity contribution in [3.05, 3.63) is 35.4 Å². The maximum Gasteiger partial charge on any atom is 0.416 e. The minimum atomic E-state index is -4.41. The Morgan fingerprint density at radius 1 is 1.40 bits per heavy atom. The first-order valence-corrected chi connectivity index (χ1v) is 8.14. The van der Waals surface area contributed by atoms with Gasteiger partial charge in [-0.2, -0.15) is 13.2 Å². The standard InChI is InChI=1S/C17H22F3N3O2/c1-11(2)22-15(24)9-14-16(25)21-6-7-23(14)10-12-4-3-5-13(8-12)17(18,19)20/h3-5,8,11,14H,6-7,9-10H2,1-2H3,(H,21,25)(H,22,24)/t14-/m0/s1. The second kappa shape index (κ2) is 7.86. The van der Waals surface area contributed by atoms with Gasteiger partial charge in [0.15, 0.2) is 0 Å². The minimum absolute atomic E-state index is 0.0248. The van der Waals surface area contributed by atoms with E-state index in [2.05, 4.69) is 10.6 Å². The summed E-state index contributed by atoms with van der Waals surface area (Å²) in [6.07, 6.45) is -4.44. The SMILES string of the molecule is CC(C)NC(=O)C[C@H]1C(=O)NCCN1Cc1cccc(C(F)(F)F)c1. The topological polar surface area (TPSA) is 61.4 Å². The van der Waals surface area contributed by atoms with E-state index in [9.17, 15) is 22.8 Å². The molecule has 1 atom stereocenters. The molecule has 25 heavy (non-hydrogen) atoms. The van der Waals surface area contributed by atoms with Crippen molar-refractivity contribution < 1.29 is 22.8 Å². The summed E-state index contributed by atoms with van der Waals surface area (Å²) in [5, 5.41) is 5.43. The Kier molecular flexibility index (Phi) is 6.05. The third-order valence-corrected chi connectivity index (χ3v) is 3.91. The van der Waals surface area contributed by atoms with E-state index < -0.39 is 17.8 Å². The normalized spacial score (nSPS) is 19.0. The molecular weight excluding hydrogens is 335 g/mol. The monoisotopic (exact) mass is 357 g/mol. The van der Waals surface area contributed by atoms with Gasteiger partial charge in [-0.05, 0) is 25.5 Å². The minimum Gasteiger partial charge on any atom is -0.354 e. The van der Waals surface area contributed by atoms with Gasteiger partial charge in [-0.15, -0.1) is 0 Å². The molecule has 1 heterocycles. The van der Waals surface area contributed by atoms with E-state index in [0.29, 0.717) is 18.7 Å². The Morgan fingerprint density at radius 3 is 2.76 bits per heavy atom. The molecule has 1 saturated heterocycles. The summed E-state index contributed by atoms with van der Waals surface area (Å²) in [6, 6.07) is 4.30. The Bertz CT molecular complexity index is 632. The molecule has 2 rings (SSSR count). The highest BCUT2D eigenvalue weighted by Crippen LogP contribution is 2.30. The molecule has 1 fully saturated rings. The highest BCUT2D eigenvalue weighted by Gasteiger charge is 2.33. The highest BCUT2D eigenvalue weighted by molar-refractivity contribution is 5.88. The number of hydrogen-bond acceptors (Lipinski definition) is 3. The van der Waals surface area contributed by atoms with E-state index in [1.54, 1.807) is 11.0 Å². The average Bonchev–Trinajstić information content (AvgIpc) is 2.49. The Balaban J connectivity index is 2.12. The van der Waals surface area contributed by atoms with Crippen LogP contribution < -0.4 is 10.6 Å². The first-order valence-electron chi connectivity index (χ1n) is 8.14. The van der Waals surface area contributed by atoms with Gasteiger partial charge >= 0.3 is 6.18 Å². The van der Waals surface area contributed by atoms with Gasteiger partial charge in [-0.25, -0.2) is 0 Å². The zero-order chi connectivity index (χ0) is 18.6. The largest absolute Gasteiger partial charge is 0.416 e. The first kappa shape index (κ1) is 19.2. The molecular formula is C17H22F3N3O2. The molecule has 0 aromatic heterocycles. The summed E-state index contributed by atoms with van der Waals surface area (Å²) < 4.78 is 38.5. The van der Waals surface area contributed by atoms with Crippen LogP contribution in [0.25, 0.3) is 0 Å². The van der Waals surface area contributed by atoms with Crippen LogP contribution >= 0.6 is 0 Å². The van der Waals surface area contributed by atoms with Crippen molar-refractivity contribution in [2.45, 2.75) is 45.1 Å². The molecule has 0 bridgehead atoms. The lowest BCUT2D eigenvalue weighted by Crippen LogP contribution is -2.56. The number of piperazine rings is 1. The van der Waals surface area contributed by atoms with Crippen molar-refractivity contribution in [3.8, 4) is 0 Å². The predicted octanol–water partition coefficient (Wildman–Crippen LogP) is 1.92. The molecule has 1 aliphatic heterocycles. The van der Waals surface area contributed by atoms with Gasteiger partial charge in [-0.1, -0.05) is 18.2 Å². The molecule has 0 aliphatic carbocycles. The van der Waals surface area contributed by atoms with Crippen LogP contribution in [0.15, 0.2) is 24.3 Å². The van der Waals surface area contributed by atoms with E-state index in [-0.39, 0.29) is 30.8 Å². The maximum atomic E-state index is 12.8. The van der Waals surface area contributed by atoms with Crippen LogP contribution in [0.4, 0.5) is 13.2 Å². The molecule has 0 unspecified atom stereocenters. The van der Waals surface area contributed by atoms with Gasteiger partial charge in [0.05, 0.1) is 18.0 Å². The third-order valence-electron chi connectivity index (χ3n) is 3.91. The van der Waals surface area contributed by atoms with Gasteiger partial charge in [0.2, 0.25) is 11.8 Å². The van der Waals surface area contributed by atoms with E-state index >= 15 is 0 Å².